The number of hydrogen-bond acceptors (Lipinski definition) is 4. The third kappa shape index (κ3) is 3.44. The van der Waals surface area contributed by atoms with Crippen molar-refractivity contribution in [2.24, 2.45) is 12.8 Å². The van der Waals surface area contributed by atoms with Gasteiger partial charge in [-0.25, -0.2) is 8.42 Å². The normalized spacial score (nSPS) is 21.2. The summed E-state index contributed by atoms with van der Waals surface area (Å²) < 4.78 is 29.0. The standard InChI is InChI=1S/C15H26N4O3S/c1-11(16)13-7-5-6-8-19(13)23(21,22)12-9-14(18(4)10-12)15(20)17(2)3/h9-11,13H,5-8,16H2,1-4H3. The molecule has 0 aliphatic carbocycles. The van der Waals surface area contributed by atoms with Crippen molar-refractivity contribution in [1.82, 2.24) is 13.8 Å². The van der Waals surface area contributed by atoms with Crippen LogP contribution in [-0.4, -0.2) is 60.8 Å². The third-order valence-electron chi connectivity index (χ3n) is 4.32. The topological polar surface area (TPSA) is 88.6 Å². The number of rotatable bonds is 4. The highest BCUT2D eigenvalue weighted by atomic mass is 32.2. The van der Waals surface area contributed by atoms with Crippen LogP contribution >= 0.6 is 0 Å². The van der Waals surface area contributed by atoms with Crippen LogP contribution in [0, 0.1) is 0 Å². The zero-order valence-electron chi connectivity index (χ0n) is 14.2. The maximum Gasteiger partial charge on any atom is 0.269 e. The van der Waals surface area contributed by atoms with Gasteiger partial charge in [0.2, 0.25) is 10.0 Å². The van der Waals surface area contributed by atoms with Crippen molar-refractivity contribution in [2.45, 2.75) is 43.2 Å². The molecule has 2 heterocycles. The van der Waals surface area contributed by atoms with Crippen LogP contribution in [0.25, 0.3) is 0 Å². The van der Waals surface area contributed by atoms with Gasteiger partial charge in [-0.3, -0.25) is 4.79 Å². The van der Waals surface area contributed by atoms with E-state index in [0.29, 0.717) is 12.2 Å². The van der Waals surface area contributed by atoms with E-state index < -0.39 is 10.0 Å². The second-order valence-corrected chi connectivity index (χ2v) is 8.30. The highest BCUT2D eigenvalue weighted by Crippen LogP contribution is 2.27. The van der Waals surface area contributed by atoms with E-state index in [1.165, 1.54) is 21.5 Å². The second kappa shape index (κ2) is 6.62. The molecule has 0 bridgehead atoms. The molecule has 8 heteroatoms. The first kappa shape index (κ1) is 18.0. The minimum atomic E-state index is -3.66. The molecule has 1 aromatic heterocycles. The zero-order valence-corrected chi connectivity index (χ0v) is 15.0. The number of piperidine rings is 1. The van der Waals surface area contributed by atoms with Crippen LogP contribution in [0.1, 0.15) is 36.7 Å². The Morgan fingerprint density at radius 3 is 2.61 bits per heavy atom. The van der Waals surface area contributed by atoms with Crippen LogP contribution in [-0.2, 0) is 17.1 Å². The smallest absolute Gasteiger partial charge is 0.269 e. The Bertz CT molecular complexity index is 679. The highest BCUT2D eigenvalue weighted by molar-refractivity contribution is 7.89. The highest BCUT2D eigenvalue weighted by Gasteiger charge is 2.36. The molecule has 1 aliphatic heterocycles. The number of sulfonamides is 1. The molecular formula is C15H26N4O3S. The number of aromatic nitrogens is 1. The first-order valence-electron chi connectivity index (χ1n) is 7.81. The fourth-order valence-electron chi connectivity index (χ4n) is 3.01. The van der Waals surface area contributed by atoms with Gasteiger partial charge in [-0.15, -0.1) is 0 Å². The lowest BCUT2D eigenvalue weighted by Crippen LogP contribution is -2.51. The first-order valence-corrected chi connectivity index (χ1v) is 9.25. The summed E-state index contributed by atoms with van der Waals surface area (Å²) in [7, 11) is 1.30. The van der Waals surface area contributed by atoms with Crippen LogP contribution in [0.2, 0.25) is 0 Å². The Labute approximate surface area is 138 Å². The van der Waals surface area contributed by atoms with E-state index in [-0.39, 0.29) is 22.9 Å². The van der Waals surface area contributed by atoms with Gasteiger partial charge in [0.1, 0.15) is 10.6 Å². The molecule has 1 saturated heterocycles. The van der Waals surface area contributed by atoms with Crippen LogP contribution in [0.5, 0.6) is 0 Å². The SMILES string of the molecule is CC(N)C1CCCCN1S(=O)(=O)c1cc(C(=O)N(C)C)n(C)c1. The number of amides is 1. The largest absolute Gasteiger partial charge is 0.345 e. The molecule has 2 N–H and O–H groups in total. The van der Waals surface area contributed by atoms with Crippen molar-refractivity contribution in [3.63, 3.8) is 0 Å². The molecule has 0 saturated carbocycles. The summed E-state index contributed by atoms with van der Waals surface area (Å²) in [5, 5.41) is 0. The van der Waals surface area contributed by atoms with Crippen molar-refractivity contribution >= 4 is 15.9 Å². The van der Waals surface area contributed by atoms with E-state index >= 15 is 0 Å². The molecule has 130 valence electrons. The molecule has 7 nitrogen and oxygen atoms in total. The van der Waals surface area contributed by atoms with Gasteiger partial charge >= 0.3 is 0 Å². The fourth-order valence-corrected chi connectivity index (χ4v) is 4.85. The first-order chi connectivity index (χ1) is 10.7. The zero-order chi connectivity index (χ0) is 17.4. The predicted octanol–water partition coefficient (Wildman–Crippen LogP) is 0.617. The number of hydrogen-bond donors (Lipinski definition) is 1. The van der Waals surface area contributed by atoms with Gasteiger partial charge < -0.3 is 15.2 Å². The second-order valence-electron chi connectivity index (χ2n) is 6.41. The van der Waals surface area contributed by atoms with Gasteiger partial charge in [-0.05, 0) is 25.8 Å². The molecule has 0 aromatic carbocycles. The molecule has 2 rings (SSSR count). The van der Waals surface area contributed by atoms with Crippen molar-refractivity contribution in [3.8, 4) is 0 Å². The lowest BCUT2D eigenvalue weighted by molar-refractivity contribution is 0.0818. The quantitative estimate of drug-likeness (QED) is 0.868. The molecule has 0 spiro atoms. The van der Waals surface area contributed by atoms with Crippen molar-refractivity contribution in [1.29, 1.82) is 0 Å². The molecule has 2 unspecified atom stereocenters. The summed E-state index contributed by atoms with van der Waals surface area (Å²) in [4.78, 5) is 13.7. The molecule has 1 fully saturated rings. The summed E-state index contributed by atoms with van der Waals surface area (Å²) in [5.74, 6) is -0.226. The maximum atomic E-state index is 13.0. The van der Waals surface area contributed by atoms with Gasteiger partial charge in [-0.1, -0.05) is 6.42 Å². The minimum Gasteiger partial charge on any atom is -0.345 e. The molecule has 1 amide bonds. The molecular weight excluding hydrogens is 316 g/mol. The van der Waals surface area contributed by atoms with E-state index in [4.69, 9.17) is 5.73 Å². The van der Waals surface area contributed by atoms with Gasteiger partial charge in [0, 0.05) is 46.0 Å². The van der Waals surface area contributed by atoms with Crippen LogP contribution in [0.3, 0.4) is 0 Å². The average Bonchev–Trinajstić information content (AvgIpc) is 2.88. The summed E-state index contributed by atoms with van der Waals surface area (Å²) in [6, 6.07) is 1.03. The number of carbonyl (C=O) groups is 1. The summed E-state index contributed by atoms with van der Waals surface area (Å²) in [5.41, 5.74) is 6.33. The Morgan fingerprint density at radius 1 is 1.39 bits per heavy atom. The number of nitrogens with zero attached hydrogens (tertiary/aromatic N) is 3. The molecule has 23 heavy (non-hydrogen) atoms. The van der Waals surface area contributed by atoms with E-state index in [1.54, 1.807) is 25.7 Å². The lowest BCUT2D eigenvalue weighted by atomic mass is 10.00. The van der Waals surface area contributed by atoms with Gasteiger partial charge in [0.15, 0.2) is 0 Å². The Kier molecular flexibility index (Phi) is 5.17. The molecule has 2 atom stereocenters. The van der Waals surface area contributed by atoms with E-state index in [0.717, 1.165) is 19.3 Å². The number of carbonyl (C=O) groups excluding carboxylic acids is 1. The monoisotopic (exact) mass is 342 g/mol. The number of aryl methyl sites for hydroxylation is 1. The van der Waals surface area contributed by atoms with Crippen LogP contribution < -0.4 is 5.73 Å². The summed E-state index contributed by atoms with van der Waals surface area (Å²) >= 11 is 0. The van der Waals surface area contributed by atoms with E-state index in [2.05, 4.69) is 0 Å². The van der Waals surface area contributed by atoms with Crippen LogP contribution in [0.4, 0.5) is 0 Å². The Hall–Kier alpha value is -1.38. The summed E-state index contributed by atoms with van der Waals surface area (Å²) in [6.07, 6.45) is 4.09. The van der Waals surface area contributed by atoms with E-state index in [1.807, 2.05) is 6.92 Å². The lowest BCUT2D eigenvalue weighted by Gasteiger charge is -2.36. The summed E-state index contributed by atoms with van der Waals surface area (Å²) in [6.45, 7) is 2.31. The van der Waals surface area contributed by atoms with Gasteiger partial charge in [-0.2, -0.15) is 4.31 Å². The minimum absolute atomic E-state index is 0.151. The third-order valence-corrected chi connectivity index (χ3v) is 6.21. The van der Waals surface area contributed by atoms with Crippen molar-refractivity contribution in [3.05, 3.63) is 18.0 Å². The molecule has 1 aromatic rings. The van der Waals surface area contributed by atoms with Crippen LogP contribution in [0.15, 0.2) is 17.2 Å². The van der Waals surface area contributed by atoms with Gasteiger partial charge in [0.25, 0.3) is 5.91 Å². The maximum absolute atomic E-state index is 13.0. The Balaban J connectivity index is 2.40. The van der Waals surface area contributed by atoms with E-state index in [9.17, 15) is 13.2 Å². The molecule has 1 aliphatic rings. The fraction of sp³-hybridized carbons (Fsp3) is 0.667. The van der Waals surface area contributed by atoms with Crippen molar-refractivity contribution in [2.75, 3.05) is 20.6 Å². The van der Waals surface area contributed by atoms with Crippen molar-refractivity contribution < 1.29 is 13.2 Å². The predicted molar refractivity (Wildman–Crippen MR) is 88.6 cm³/mol. The van der Waals surface area contributed by atoms with Gasteiger partial charge in [0.05, 0.1) is 0 Å². The molecule has 0 radical (unpaired) electrons. The average molecular weight is 342 g/mol. The Morgan fingerprint density at radius 2 is 2.04 bits per heavy atom. The number of nitrogens with two attached hydrogens (primary N) is 1.